The van der Waals surface area contributed by atoms with Gasteiger partial charge in [-0.2, -0.15) is 5.10 Å². The highest BCUT2D eigenvalue weighted by Crippen LogP contribution is 2.37. The fourth-order valence-electron chi connectivity index (χ4n) is 3.13. The van der Waals surface area contributed by atoms with E-state index in [1.807, 2.05) is 45.0 Å². The molecular weight excluding hydrogens is 467 g/mol. The van der Waals surface area contributed by atoms with Crippen LogP contribution in [0.15, 0.2) is 46.9 Å². The van der Waals surface area contributed by atoms with Crippen LogP contribution in [0.2, 0.25) is 15.1 Å². The molecule has 4 rings (SSSR count). The van der Waals surface area contributed by atoms with E-state index >= 15 is 0 Å². The molecule has 0 radical (unpaired) electrons. The zero-order valence-electron chi connectivity index (χ0n) is 17.9. The van der Waals surface area contributed by atoms with Crippen LogP contribution in [0.4, 0.5) is 0 Å². The molecule has 0 aliphatic rings. The maximum atomic E-state index is 6.54. The minimum atomic E-state index is -0.303. The summed E-state index contributed by atoms with van der Waals surface area (Å²) < 4.78 is 7.71. The van der Waals surface area contributed by atoms with Gasteiger partial charge in [0.1, 0.15) is 0 Å². The van der Waals surface area contributed by atoms with Gasteiger partial charge in [-0.25, -0.2) is 4.68 Å². The lowest BCUT2D eigenvalue weighted by atomic mass is 9.97. The van der Waals surface area contributed by atoms with Gasteiger partial charge >= 0.3 is 0 Å². The average molecular weight is 486 g/mol. The van der Waals surface area contributed by atoms with Crippen molar-refractivity contribution in [3.05, 3.63) is 69.0 Å². The topological polar surface area (TPSA) is 56.7 Å². The molecule has 0 fully saturated rings. The lowest BCUT2D eigenvalue weighted by Crippen LogP contribution is -2.11. The largest absolute Gasteiger partial charge is 0.419 e. The second kappa shape index (κ2) is 8.63. The Hall–Kier alpha value is -2.78. The summed E-state index contributed by atoms with van der Waals surface area (Å²) in [5, 5.41) is 14.9. The van der Waals surface area contributed by atoms with Crippen molar-refractivity contribution in [1.82, 2.24) is 20.0 Å². The maximum Gasteiger partial charge on any atom is 0.269 e. The summed E-state index contributed by atoms with van der Waals surface area (Å²) in [6.07, 6.45) is 0. The number of benzene rings is 2. The van der Waals surface area contributed by atoms with Crippen LogP contribution < -0.4 is 0 Å². The Balaban J connectivity index is 2.04. The first kappa shape index (κ1) is 22.4. The van der Waals surface area contributed by atoms with E-state index in [9.17, 15) is 0 Å². The molecule has 32 heavy (non-hydrogen) atoms. The molecule has 0 aliphatic heterocycles. The molecule has 0 saturated heterocycles. The second-order valence-electron chi connectivity index (χ2n) is 8.12. The Morgan fingerprint density at radius 3 is 2.22 bits per heavy atom. The normalized spacial score (nSPS) is 11.3. The summed E-state index contributed by atoms with van der Waals surface area (Å²) in [5.41, 5.74) is 3.03. The van der Waals surface area contributed by atoms with Gasteiger partial charge in [0.05, 0.1) is 22.0 Å². The lowest BCUT2D eigenvalue weighted by Gasteiger charge is -2.10. The molecule has 162 valence electrons. The molecule has 0 unspecified atom stereocenters. The minimum absolute atomic E-state index is 0.284. The minimum Gasteiger partial charge on any atom is -0.419 e. The number of rotatable bonds is 3. The van der Waals surface area contributed by atoms with Crippen molar-refractivity contribution in [3.8, 4) is 40.4 Å². The second-order valence-corrected chi connectivity index (χ2v) is 9.40. The molecule has 5 nitrogen and oxygen atoms in total. The first-order valence-corrected chi connectivity index (χ1v) is 10.9. The molecule has 0 spiro atoms. The highest BCUT2D eigenvalue weighted by Gasteiger charge is 2.28. The van der Waals surface area contributed by atoms with Crippen LogP contribution in [0, 0.1) is 11.8 Å². The van der Waals surface area contributed by atoms with Crippen LogP contribution in [0.3, 0.4) is 0 Å². The number of aromatic nitrogens is 4. The van der Waals surface area contributed by atoms with Gasteiger partial charge in [0.15, 0.2) is 5.69 Å². The van der Waals surface area contributed by atoms with Crippen molar-refractivity contribution in [3.63, 3.8) is 0 Å². The summed E-state index contributed by atoms with van der Waals surface area (Å²) in [5.74, 6) is 6.92. The third-order valence-corrected chi connectivity index (χ3v) is 5.45. The zero-order valence-corrected chi connectivity index (χ0v) is 20.1. The maximum absolute atomic E-state index is 6.54. The number of hydrogen-bond donors (Lipinski definition) is 0. The molecule has 0 saturated carbocycles. The predicted molar refractivity (Wildman–Crippen MR) is 129 cm³/mol. The van der Waals surface area contributed by atoms with Crippen molar-refractivity contribution < 1.29 is 4.42 Å². The average Bonchev–Trinajstić information content (AvgIpc) is 3.34. The summed E-state index contributed by atoms with van der Waals surface area (Å²) >= 11 is 18.8. The van der Waals surface area contributed by atoms with E-state index in [1.54, 1.807) is 29.8 Å². The van der Waals surface area contributed by atoms with Crippen LogP contribution in [0.25, 0.3) is 28.5 Å². The van der Waals surface area contributed by atoms with Gasteiger partial charge < -0.3 is 4.42 Å². The molecule has 0 amide bonds. The SMILES string of the molecule is CC#Cc1c(-c2nnc(C(C)(C)C)o2)nn(-c2ccc(Cl)cc2Cl)c1-c1ccc(Cl)cc1. The molecule has 0 N–H and O–H groups in total. The summed E-state index contributed by atoms with van der Waals surface area (Å²) in [4.78, 5) is 0. The fourth-order valence-corrected chi connectivity index (χ4v) is 3.75. The Kier molecular flexibility index (Phi) is 6.05. The van der Waals surface area contributed by atoms with Crippen LogP contribution in [-0.4, -0.2) is 20.0 Å². The van der Waals surface area contributed by atoms with E-state index < -0.39 is 0 Å². The molecular formula is C24H19Cl3N4O. The third-order valence-electron chi connectivity index (χ3n) is 4.66. The van der Waals surface area contributed by atoms with E-state index in [0.717, 1.165) is 11.3 Å². The van der Waals surface area contributed by atoms with Gasteiger partial charge in [-0.15, -0.1) is 16.1 Å². The van der Waals surface area contributed by atoms with E-state index in [1.165, 1.54) is 0 Å². The molecule has 4 aromatic rings. The monoisotopic (exact) mass is 484 g/mol. The van der Waals surface area contributed by atoms with Gasteiger partial charge in [0.25, 0.3) is 5.89 Å². The predicted octanol–water partition coefficient (Wildman–Crippen LogP) is 7.22. The van der Waals surface area contributed by atoms with Crippen molar-refractivity contribution >= 4 is 34.8 Å². The quantitative estimate of drug-likeness (QED) is 0.287. The first-order valence-electron chi connectivity index (χ1n) is 9.80. The number of nitrogens with zero attached hydrogens (tertiary/aromatic N) is 4. The lowest BCUT2D eigenvalue weighted by molar-refractivity contribution is 0.398. The van der Waals surface area contributed by atoms with Crippen molar-refractivity contribution in [2.75, 3.05) is 0 Å². The molecule has 0 aliphatic carbocycles. The van der Waals surface area contributed by atoms with Crippen LogP contribution in [0.1, 0.15) is 39.1 Å². The fraction of sp³-hybridized carbons (Fsp3) is 0.208. The van der Waals surface area contributed by atoms with Crippen molar-refractivity contribution in [2.45, 2.75) is 33.1 Å². The molecule has 0 atom stereocenters. The van der Waals surface area contributed by atoms with E-state index in [-0.39, 0.29) is 11.3 Å². The smallest absolute Gasteiger partial charge is 0.269 e. The third kappa shape index (κ3) is 4.27. The van der Waals surface area contributed by atoms with E-state index in [4.69, 9.17) is 44.3 Å². The Morgan fingerprint density at radius 2 is 1.62 bits per heavy atom. The van der Waals surface area contributed by atoms with Gasteiger partial charge in [0, 0.05) is 21.0 Å². The molecule has 8 heteroatoms. The highest BCUT2D eigenvalue weighted by atomic mass is 35.5. The number of hydrogen-bond acceptors (Lipinski definition) is 4. The molecule has 2 aromatic carbocycles. The van der Waals surface area contributed by atoms with Gasteiger partial charge in [-0.1, -0.05) is 73.6 Å². The van der Waals surface area contributed by atoms with Gasteiger partial charge in [0.2, 0.25) is 5.89 Å². The first-order chi connectivity index (χ1) is 15.2. The van der Waals surface area contributed by atoms with Crippen LogP contribution in [-0.2, 0) is 5.41 Å². The summed E-state index contributed by atoms with van der Waals surface area (Å²) in [6, 6.07) is 12.7. The van der Waals surface area contributed by atoms with Crippen LogP contribution in [0.5, 0.6) is 0 Å². The van der Waals surface area contributed by atoms with Crippen molar-refractivity contribution in [2.24, 2.45) is 0 Å². The zero-order chi connectivity index (χ0) is 23.0. The van der Waals surface area contributed by atoms with Gasteiger partial charge in [-0.3, -0.25) is 0 Å². The number of halogens is 3. The van der Waals surface area contributed by atoms with E-state index in [0.29, 0.717) is 37.9 Å². The van der Waals surface area contributed by atoms with Gasteiger partial charge in [-0.05, 0) is 37.3 Å². The Bertz CT molecular complexity index is 1350. The highest BCUT2D eigenvalue weighted by molar-refractivity contribution is 6.35. The molecule has 2 heterocycles. The Labute approximate surface area is 201 Å². The summed E-state index contributed by atoms with van der Waals surface area (Å²) in [6.45, 7) is 7.77. The molecule has 0 bridgehead atoms. The van der Waals surface area contributed by atoms with Crippen LogP contribution >= 0.6 is 34.8 Å². The summed E-state index contributed by atoms with van der Waals surface area (Å²) in [7, 11) is 0. The Morgan fingerprint density at radius 1 is 0.938 bits per heavy atom. The van der Waals surface area contributed by atoms with Crippen molar-refractivity contribution in [1.29, 1.82) is 0 Å². The standard InChI is InChI=1S/C24H19Cl3N4O/c1-5-6-17-20(22-28-29-23(32-22)24(2,3)4)30-31(19-12-11-16(26)13-18(19)27)21(17)14-7-9-15(25)10-8-14/h7-13H,1-4H3. The van der Waals surface area contributed by atoms with E-state index in [2.05, 4.69) is 22.0 Å². The molecule has 2 aromatic heterocycles.